The molecule has 4 nitrogen and oxygen atoms in total. The summed E-state index contributed by atoms with van der Waals surface area (Å²) in [7, 11) is 0. The summed E-state index contributed by atoms with van der Waals surface area (Å²) in [6, 6.07) is 7.98. The highest BCUT2D eigenvalue weighted by molar-refractivity contribution is 8.02. The van der Waals surface area contributed by atoms with Gasteiger partial charge < -0.3 is 5.32 Å². The highest BCUT2D eigenvalue weighted by atomic mass is 32.2. The molecule has 20 heavy (non-hydrogen) atoms. The largest absolute Gasteiger partial charge is 0.301 e. The van der Waals surface area contributed by atoms with Gasteiger partial charge in [0.1, 0.15) is 0 Å². The number of thiazole rings is 2. The van der Waals surface area contributed by atoms with Gasteiger partial charge in [-0.05, 0) is 19.1 Å². The molecular formula is C13H11N3OS3. The SMILES string of the molecule is CC(Sc1nc2ccccc2s1)C(=O)Nc1nccs1. The van der Waals surface area contributed by atoms with Crippen LogP contribution in [0.1, 0.15) is 6.92 Å². The standard InChI is InChI=1S/C13H11N3OS3/c1-8(11(17)16-12-14-6-7-18-12)19-13-15-9-4-2-3-5-10(9)20-13/h2-8H,1H3,(H,14,16,17). The normalized spacial score (nSPS) is 12.4. The monoisotopic (exact) mass is 321 g/mol. The Balaban J connectivity index is 1.68. The molecule has 0 aliphatic rings. The summed E-state index contributed by atoms with van der Waals surface area (Å²) in [4.78, 5) is 20.6. The van der Waals surface area contributed by atoms with Crippen molar-refractivity contribution in [2.24, 2.45) is 0 Å². The van der Waals surface area contributed by atoms with Crippen LogP contribution < -0.4 is 5.32 Å². The van der Waals surface area contributed by atoms with Crippen LogP contribution in [0.2, 0.25) is 0 Å². The third-order valence-electron chi connectivity index (χ3n) is 2.58. The average Bonchev–Trinajstić information content (AvgIpc) is 3.06. The van der Waals surface area contributed by atoms with Crippen LogP contribution in [0, 0.1) is 0 Å². The van der Waals surface area contributed by atoms with Crippen molar-refractivity contribution in [3.05, 3.63) is 35.8 Å². The van der Waals surface area contributed by atoms with E-state index in [0.717, 1.165) is 14.6 Å². The van der Waals surface area contributed by atoms with E-state index < -0.39 is 0 Å². The second-order valence-electron chi connectivity index (χ2n) is 4.03. The molecule has 0 aliphatic heterocycles. The predicted octanol–water partition coefficient (Wildman–Crippen LogP) is 3.87. The van der Waals surface area contributed by atoms with Crippen LogP contribution in [0.25, 0.3) is 10.2 Å². The lowest BCUT2D eigenvalue weighted by atomic mass is 10.3. The van der Waals surface area contributed by atoms with Crippen LogP contribution in [0.3, 0.4) is 0 Å². The van der Waals surface area contributed by atoms with E-state index in [9.17, 15) is 4.79 Å². The molecule has 0 aliphatic carbocycles. The topological polar surface area (TPSA) is 54.9 Å². The van der Waals surface area contributed by atoms with Gasteiger partial charge in [-0.1, -0.05) is 23.9 Å². The van der Waals surface area contributed by atoms with Gasteiger partial charge in [0.25, 0.3) is 0 Å². The molecular weight excluding hydrogens is 310 g/mol. The first-order chi connectivity index (χ1) is 9.72. The molecule has 102 valence electrons. The zero-order chi connectivity index (χ0) is 13.9. The molecule has 3 aromatic rings. The number of anilines is 1. The Morgan fingerprint density at radius 2 is 2.25 bits per heavy atom. The van der Waals surface area contributed by atoms with Gasteiger partial charge in [0.15, 0.2) is 9.47 Å². The molecule has 7 heteroatoms. The number of carbonyl (C=O) groups is 1. The zero-order valence-electron chi connectivity index (χ0n) is 10.6. The number of fused-ring (bicyclic) bond motifs is 1. The zero-order valence-corrected chi connectivity index (χ0v) is 13.0. The molecule has 1 atom stereocenters. The van der Waals surface area contributed by atoms with Crippen molar-refractivity contribution >= 4 is 55.7 Å². The Hall–Kier alpha value is -1.44. The minimum absolute atomic E-state index is 0.0517. The molecule has 2 heterocycles. The molecule has 1 unspecified atom stereocenters. The lowest BCUT2D eigenvalue weighted by molar-refractivity contribution is -0.115. The van der Waals surface area contributed by atoms with Gasteiger partial charge in [-0.15, -0.1) is 22.7 Å². The molecule has 0 saturated heterocycles. The summed E-state index contributed by atoms with van der Waals surface area (Å²) in [5.41, 5.74) is 0.979. The summed E-state index contributed by atoms with van der Waals surface area (Å²) < 4.78 is 2.05. The van der Waals surface area contributed by atoms with Crippen molar-refractivity contribution in [3.63, 3.8) is 0 Å². The lowest BCUT2D eigenvalue weighted by Gasteiger charge is -2.07. The fourth-order valence-electron chi connectivity index (χ4n) is 1.60. The molecule has 0 fully saturated rings. The maximum atomic E-state index is 12.0. The minimum Gasteiger partial charge on any atom is -0.301 e. The van der Waals surface area contributed by atoms with Crippen LogP contribution in [0.4, 0.5) is 5.13 Å². The third kappa shape index (κ3) is 3.00. The van der Waals surface area contributed by atoms with Gasteiger partial charge in [-0.2, -0.15) is 0 Å². The third-order valence-corrected chi connectivity index (χ3v) is 5.50. The average molecular weight is 321 g/mol. The van der Waals surface area contributed by atoms with Crippen LogP contribution >= 0.6 is 34.4 Å². The van der Waals surface area contributed by atoms with Crippen LogP contribution in [0.5, 0.6) is 0 Å². The van der Waals surface area contributed by atoms with Gasteiger partial charge in [-0.25, -0.2) is 9.97 Å². The van der Waals surface area contributed by atoms with Gasteiger partial charge >= 0.3 is 0 Å². The summed E-state index contributed by atoms with van der Waals surface area (Å²) in [6.45, 7) is 1.87. The van der Waals surface area contributed by atoms with Crippen molar-refractivity contribution in [2.45, 2.75) is 16.5 Å². The Bertz CT molecular complexity index is 690. The Labute approximate surface area is 128 Å². The number of nitrogens with zero attached hydrogens (tertiary/aromatic N) is 2. The molecule has 0 saturated carbocycles. The molecule has 3 rings (SSSR count). The van der Waals surface area contributed by atoms with Crippen LogP contribution in [-0.2, 0) is 4.79 Å². The fraction of sp³-hybridized carbons (Fsp3) is 0.154. The van der Waals surface area contributed by atoms with Gasteiger partial charge in [0, 0.05) is 11.6 Å². The number of carbonyl (C=O) groups excluding carboxylic acids is 1. The molecule has 0 spiro atoms. The Morgan fingerprint density at radius 1 is 1.40 bits per heavy atom. The lowest BCUT2D eigenvalue weighted by Crippen LogP contribution is -2.22. The Kier molecular flexibility index (Phi) is 4.00. The van der Waals surface area contributed by atoms with E-state index in [-0.39, 0.29) is 11.2 Å². The highest BCUT2D eigenvalue weighted by Gasteiger charge is 2.17. The number of benzene rings is 1. The number of amides is 1. The number of hydrogen-bond donors (Lipinski definition) is 1. The Morgan fingerprint density at radius 3 is 3.00 bits per heavy atom. The summed E-state index contributed by atoms with van der Waals surface area (Å²) in [5.74, 6) is -0.0517. The van der Waals surface area contributed by atoms with E-state index >= 15 is 0 Å². The van der Waals surface area contributed by atoms with E-state index in [0.29, 0.717) is 5.13 Å². The molecule has 2 aromatic heterocycles. The van der Waals surface area contributed by atoms with E-state index in [2.05, 4.69) is 15.3 Å². The summed E-state index contributed by atoms with van der Waals surface area (Å²) in [5, 5.41) is 5.06. The van der Waals surface area contributed by atoms with E-state index in [1.54, 1.807) is 17.5 Å². The van der Waals surface area contributed by atoms with Crippen molar-refractivity contribution in [1.29, 1.82) is 0 Å². The maximum Gasteiger partial charge on any atom is 0.239 e. The van der Waals surface area contributed by atoms with E-state index in [1.807, 2.05) is 36.6 Å². The van der Waals surface area contributed by atoms with Gasteiger partial charge in [0.05, 0.1) is 15.5 Å². The molecule has 0 radical (unpaired) electrons. The van der Waals surface area contributed by atoms with Crippen LogP contribution in [0.15, 0.2) is 40.2 Å². The van der Waals surface area contributed by atoms with Crippen LogP contribution in [-0.4, -0.2) is 21.1 Å². The number of para-hydroxylation sites is 1. The fourth-order valence-corrected chi connectivity index (χ4v) is 4.34. The number of hydrogen-bond acceptors (Lipinski definition) is 6. The van der Waals surface area contributed by atoms with E-state index in [4.69, 9.17) is 0 Å². The second kappa shape index (κ2) is 5.90. The first-order valence-corrected chi connectivity index (χ1v) is 8.52. The molecule has 0 bridgehead atoms. The van der Waals surface area contributed by atoms with E-state index in [1.165, 1.54) is 23.1 Å². The summed E-state index contributed by atoms with van der Waals surface area (Å²) >= 11 is 4.49. The highest BCUT2D eigenvalue weighted by Crippen LogP contribution is 2.32. The molecule has 1 N–H and O–H groups in total. The summed E-state index contributed by atoms with van der Waals surface area (Å²) in [6.07, 6.45) is 1.67. The number of thioether (sulfide) groups is 1. The second-order valence-corrected chi connectivity index (χ2v) is 7.55. The van der Waals surface area contributed by atoms with Crippen molar-refractivity contribution in [1.82, 2.24) is 9.97 Å². The molecule has 1 aromatic carbocycles. The first-order valence-electron chi connectivity index (χ1n) is 5.95. The van der Waals surface area contributed by atoms with Gasteiger partial charge in [0.2, 0.25) is 5.91 Å². The van der Waals surface area contributed by atoms with Crippen molar-refractivity contribution < 1.29 is 4.79 Å². The predicted molar refractivity (Wildman–Crippen MR) is 85.7 cm³/mol. The quantitative estimate of drug-likeness (QED) is 0.741. The number of nitrogens with one attached hydrogen (secondary N) is 1. The molecule has 1 amide bonds. The first kappa shape index (κ1) is 13.5. The van der Waals surface area contributed by atoms with Crippen molar-refractivity contribution in [3.8, 4) is 0 Å². The van der Waals surface area contributed by atoms with Crippen molar-refractivity contribution in [2.75, 3.05) is 5.32 Å². The maximum absolute atomic E-state index is 12.0. The number of aromatic nitrogens is 2. The minimum atomic E-state index is -0.209. The number of rotatable bonds is 4. The van der Waals surface area contributed by atoms with Gasteiger partial charge in [-0.3, -0.25) is 4.79 Å². The smallest absolute Gasteiger partial charge is 0.239 e.